The Bertz CT molecular complexity index is 580. The lowest BCUT2D eigenvalue weighted by Gasteiger charge is -2.31. The smallest absolute Gasteiger partial charge is 0.212 e. The molecule has 5 nitrogen and oxygen atoms in total. The lowest BCUT2D eigenvalue weighted by Crippen LogP contribution is -2.44. The fourth-order valence-corrected chi connectivity index (χ4v) is 4.07. The Morgan fingerprint density at radius 1 is 1.25 bits per heavy atom. The predicted molar refractivity (Wildman–Crippen MR) is 76.4 cm³/mol. The summed E-state index contributed by atoms with van der Waals surface area (Å²) in [7, 11) is -3.39. The van der Waals surface area contributed by atoms with Crippen LogP contribution in [0.15, 0.2) is 35.3 Å². The van der Waals surface area contributed by atoms with E-state index in [2.05, 4.69) is 4.99 Å². The molecule has 0 aliphatic carbocycles. The molecule has 2 rings (SSSR count). The van der Waals surface area contributed by atoms with Gasteiger partial charge in [0.1, 0.15) is 6.17 Å². The Morgan fingerprint density at radius 2 is 2.00 bits per heavy atom. The third-order valence-corrected chi connectivity index (χ3v) is 5.33. The summed E-state index contributed by atoms with van der Waals surface area (Å²) in [5.41, 5.74) is 0.989. The summed E-state index contributed by atoms with van der Waals surface area (Å²) in [5, 5.41) is 0. The Morgan fingerprint density at radius 3 is 2.70 bits per heavy atom. The fourth-order valence-electron chi connectivity index (χ4n) is 2.41. The van der Waals surface area contributed by atoms with Gasteiger partial charge in [-0.15, -0.1) is 0 Å². The van der Waals surface area contributed by atoms with Crippen molar-refractivity contribution in [1.82, 2.24) is 4.31 Å². The van der Waals surface area contributed by atoms with Crippen LogP contribution in [-0.2, 0) is 21.2 Å². The first kappa shape index (κ1) is 14.9. The van der Waals surface area contributed by atoms with Crippen LogP contribution in [0.2, 0.25) is 0 Å². The van der Waals surface area contributed by atoms with Crippen molar-refractivity contribution in [2.24, 2.45) is 4.99 Å². The van der Waals surface area contributed by atoms with Gasteiger partial charge in [-0.25, -0.2) is 13.2 Å². The number of carbonyl (C=O) groups excluding carboxylic acids is 1. The Labute approximate surface area is 119 Å². The first-order valence-electron chi connectivity index (χ1n) is 6.74. The van der Waals surface area contributed by atoms with Gasteiger partial charge < -0.3 is 0 Å². The Hall–Kier alpha value is -1.49. The highest BCUT2D eigenvalue weighted by Crippen LogP contribution is 2.21. The number of isocyanates is 1. The van der Waals surface area contributed by atoms with Crippen molar-refractivity contribution in [2.75, 3.05) is 12.3 Å². The SMILES string of the molecule is O=C=NC1CCCCN1S(=O)(=O)CCc1ccccc1. The summed E-state index contributed by atoms with van der Waals surface area (Å²) < 4.78 is 26.1. The summed E-state index contributed by atoms with van der Waals surface area (Å²) in [4.78, 5) is 14.0. The number of benzene rings is 1. The van der Waals surface area contributed by atoms with Crippen LogP contribution in [0.5, 0.6) is 0 Å². The molecule has 1 fully saturated rings. The second-order valence-corrected chi connectivity index (χ2v) is 6.90. The summed E-state index contributed by atoms with van der Waals surface area (Å²) >= 11 is 0. The average molecular weight is 294 g/mol. The second kappa shape index (κ2) is 6.79. The molecule has 1 aromatic carbocycles. The van der Waals surface area contributed by atoms with Crippen LogP contribution in [0.25, 0.3) is 0 Å². The van der Waals surface area contributed by atoms with Crippen molar-refractivity contribution in [1.29, 1.82) is 0 Å². The van der Waals surface area contributed by atoms with Gasteiger partial charge in [-0.05, 0) is 31.2 Å². The van der Waals surface area contributed by atoms with E-state index >= 15 is 0 Å². The molecule has 1 aromatic rings. The maximum Gasteiger partial charge on any atom is 0.236 e. The zero-order valence-corrected chi connectivity index (χ0v) is 12.1. The van der Waals surface area contributed by atoms with Gasteiger partial charge in [-0.2, -0.15) is 9.30 Å². The van der Waals surface area contributed by atoms with Crippen LogP contribution in [0.1, 0.15) is 24.8 Å². The maximum absolute atomic E-state index is 12.4. The standard InChI is InChI=1S/C14H18N2O3S/c17-12-15-14-8-4-5-10-16(14)20(18,19)11-9-13-6-2-1-3-7-13/h1-3,6-7,14H,4-5,8-11H2. The molecule has 0 spiro atoms. The van der Waals surface area contributed by atoms with Gasteiger partial charge in [-0.3, -0.25) is 0 Å². The zero-order chi connectivity index (χ0) is 14.4. The number of rotatable bonds is 5. The van der Waals surface area contributed by atoms with Crippen molar-refractivity contribution >= 4 is 16.1 Å². The molecule has 1 atom stereocenters. The highest BCUT2D eigenvalue weighted by Gasteiger charge is 2.31. The number of aliphatic imine (C=N–C) groups is 1. The average Bonchev–Trinajstić information content (AvgIpc) is 2.47. The lowest BCUT2D eigenvalue weighted by atomic mass is 10.1. The van der Waals surface area contributed by atoms with E-state index in [1.165, 1.54) is 10.4 Å². The molecule has 0 radical (unpaired) electrons. The van der Waals surface area contributed by atoms with Crippen LogP contribution in [0.3, 0.4) is 0 Å². The van der Waals surface area contributed by atoms with E-state index in [0.29, 0.717) is 19.4 Å². The normalized spacial score (nSPS) is 20.3. The van der Waals surface area contributed by atoms with Gasteiger partial charge in [0.2, 0.25) is 16.1 Å². The minimum Gasteiger partial charge on any atom is -0.212 e. The van der Waals surface area contributed by atoms with Gasteiger partial charge in [0.15, 0.2) is 0 Å². The minimum absolute atomic E-state index is 0.0435. The molecule has 0 bridgehead atoms. The van der Waals surface area contributed by atoms with Crippen molar-refractivity contribution in [3.05, 3.63) is 35.9 Å². The highest BCUT2D eigenvalue weighted by atomic mass is 32.2. The van der Waals surface area contributed by atoms with E-state index in [1.807, 2.05) is 30.3 Å². The molecule has 0 aromatic heterocycles. The summed E-state index contributed by atoms with van der Waals surface area (Å²) in [6.07, 6.45) is 3.69. The van der Waals surface area contributed by atoms with E-state index in [0.717, 1.165) is 18.4 Å². The third-order valence-electron chi connectivity index (χ3n) is 3.47. The summed E-state index contributed by atoms with van der Waals surface area (Å²) in [5.74, 6) is 0.0435. The van der Waals surface area contributed by atoms with Crippen molar-refractivity contribution in [3.8, 4) is 0 Å². The highest BCUT2D eigenvalue weighted by molar-refractivity contribution is 7.89. The molecule has 0 N–H and O–H groups in total. The van der Waals surface area contributed by atoms with Crippen LogP contribution >= 0.6 is 0 Å². The number of hydrogen-bond acceptors (Lipinski definition) is 4. The van der Waals surface area contributed by atoms with Gasteiger partial charge >= 0.3 is 0 Å². The first-order chi connectivity index (χ1) is 9.63. The molecular weight excluding hydrogens is 276 g/mol. The predicted octanol–water partition coefficient (Wildman–Crippen LogP) is 1.71. The van der Waals surface area contributed by atoms with Gasteiger partial charge in [0, 0.05) is 6.54 Å². The molecule has 1 aliphatic rings. The van der Waals surface area contributed by atoms with Crippen LogP contribution < -0.4 is 0 Å². The Balaban J connectivity index is 2.06. The van der Waals surface area contributed by atoms with Crippen molar-refractivity contribution in [2.45, 2.75) is 31.8 Å². The lowest BCUT2D eigenvalue weighted by molar-refractivity contribution is 0.259. The molecule has 20 heavy (non-hydrogen) atoms. The van der Waals surface area contributed by atoms with Gasteiger partial charge in [0.25, 0.3) is 0 Å². The van der Waals surface area contributed by atoms with Crippen LogP contribution in [0.4, 0.5) is 0 Å². The van der Waals surface area contributed by atoms with Gasteiger partial charge in [-0.1, -0.05) is 30.3 Å². The minimum atomic E-state index is -3.39. The number of sulfonamides is 1. The van der Waals surface area contributed by atoms with Gasteiger partial charge in [0.05, 0.1) is 5.75 Å². The van der Waals surface area contributed by atoms with E-state index in [4.69, 9.17) is 0 Å². The molecular formula is C14H18N2O3S. The molecule has 108 valence electrons. The van der Waals surface area contributed by atoms with E-state index in [1.54, 1.807) is 0 Å². The van der Waals surface area contributed by atoms with Crippen LogP contribution in [-0.4, -0.2) is 37.3 Å². The van der Waals surface area contributed by atoms with Crippen LogP contribution in [0, 0.1) is 0 Å². The molecule has 1 aliphatic heterocycles. The van der Waals surface area contributed by atoms with E-state index in [-0.39, 0.29) is 5.75 Å². The molecule has 0 amide bonds. The number of nitrogens with zero attached hydrogens (tertiary/aromatic N) is 2. The maximum atomic E-state index is 12.4. The second-order valence-electron chi connectivity index (χ2n) is 4.86. The van der Waals surface area contributed by atoms with Crippen molar-refractivity contribution < 1.29 is 13.2 Å². The monoisotopic (exact) mass is 294 g/mol. The third kappa shape index (κ3) is 3.76. The first-order valence-corrected chi connectivity index (χ1v) is 8.35. The van der Waals surface area contributed by atoms with E-state index in [9.17, 15) is 13.2 Å². The molecule has 0 saturated carbocycles. The number of piperidine rings is 1. The number of aryl methyl sites for hydroxylation is 1. The van der Waals surface area contributed by atoms with E-state index < -0.39 is 16.2 Å². The number of hydrogen-bond donors (Lipinski definition) is 0. The largest absolute Gasteiger partial charge is 0.236 e. The quantitative estimate of drug-likeness (QED) is 0.613. The fraction of sp³-hybridized carbons (Fsp3) is 0.500. The summed E-state index contributed by atoms with van der Waals surface area (Å²) in [6.45, 7) is 0.437. The van der Waals surface area contributed by atoms with Crippen molar-refractivity contribution in [3.63, 3.8) is 0 Å². The molecule has 1 saturated heterocycles. The summed E-state index contributed by atoms with van der Waals surface area (Å²) in [6, 6.07) is 9.50. The zero-order valence-electron chi connectivity index (χ0n) is 11.2. The molecule has 1 unspecified atom stereocenters. The molecule has 6 heteroatoms. The molecule has 1 heterocycles. The Kier molecular flexibility index (Phi) is 5.06. The topological polar surface area (TPSA) is 66.8 Å².